The Morgan fingerprint density at radius 1 is 1.09 bits per heavy atom. The molecule has 0 saturated carbocycles. The minimum atomic E-state index is -0.451. The lowest BCUT2D eigenvalue weighted by molar-refractivity contribution is 0.0990. The highest BCUT2D eigenvalue weighted by Crippen LogP contribution is 2.28. The van der Waals surface area contributed by atoms with Crippen LogP contribution in [0.3, 0.4) is 0 Å². The first-order valence-electron chi connectivity index (χ1n) is 7.03. The van der Waals surface area contributed by atoms with Gasteiger partial charge in [0.05, 0.1) is 12.7 Å². The zero-order chi connectivity index (χ0) is 16.2. The van der Waals surface area contributed by atoms with Crippen LogP contribution < -0.4 is 10.1 Å². The number of methoxy groups -OCH3 is 1. The van der Waals surface area contributed by atoms with Crippen LogP contribution in [0, 0.1) is 6.92 Å². The second kappa shape index (κ2) is 6.31. The van der Waals surface area contributed by atoms with Crippen LogP contribution in [-0.4, -0.2) is 23.2 Å². The zero-order valence-corrected chi connectivity index (χ0v) is 12.7. The third-order valence-electron chi connectivity index (χ3n) is 3.35. The van der Waals surface area contributed by atoms with Crippen LogP contribution in [0.4, 0.5) is 5.69 Å². The van der Waals surface area contributed by atoms with Crippen molar-refractivity contribution in [3.05, 3.63) is 60.0 Å². The van der Waals surface area contributed by atoms with Crippen molar-refractivity contribution in [2.24, 2.45) is 0 Å². The van der Waals surface area contributed by atoms with E-state index in [0.29, 0.717) is 17.0 Å². The Morgan fingerprint density at radius 3 is 2.61 bits per heavy atom. The van der Waals surface area contributed by atoms with Gasteiger partial charge in [-0.05, 0) is 30.7 Å². The summed E-state index contributed by atoms with van der Waals surface area (Å²) in [6, 6.07) is 14.7. The molecule has 0 unspecified atom stereocenters. The molecule has 1 aromatic heterocycles. The Bertz CT molecular complexity index is 842. The highest BCUT2D eigenvalue weighted by atomic mass is 16.5. The fourth-order valence-corrected chi connectivity index (χ4v) is 2.13. The summed E-state index contributed by atoms with van der Waals surface area (Å²) in [5, 5.41) is 10.5. The van der Waals surface area contributed by atoms with Crippen molar-refractivity contribution in [3.8, 4) is 17.2 Å². The van der Waals surface area contributed by atoms with Crippen LogP contribution in [0.5, 0.6) is 5.75 Å². The highest BCUT2D eigenvalue weighted by Gasteiger charge is 2.18. The monoisotopic (exact) mass is 309 g/mol. The molecule has 3 aromatic rings. The Labute approximate surface area is 133 Å². The van der Waals surface area contributed by atoms with E-state index in [9.17, 15) is 4.79 Å². The van der Waals surface area contributed by atoms with E-state index < -0.39 is 5.91 Å². The molecule has 1 heterocycles. The lowest BCUT2D eigenvalue weighted by Crippen LogP contribution is -2.13. The van der Waals surface area contributed by atoms with Crippen molar-refractivity contribution in [1.29, 1.82) is 0 Å². The van der Waals surface area contributed by atoms with Crippen LogP contribution in [0.15, 0.2) is 52.9 Å². The van der Waals surface area contributed by atoms with E-state index in [4.69, 9.17) is 9.15 Å². The fourth-order valence-electron chi connectivity index (χ4n) is 2.13. The van der Waals surface area contributed by atoms with E-state index in [2.05, 4.69) is 15.5 Å². The SMILES string of the molecule is COc1ccccc1-c1nnc(C(=O)Nc2ccccc2C)o1. The first kappa shape index (κ1) is 14.8. The van der Waals surface area contributed by atoms with Crippen molar-refractivity contribution in [1.82, 2.24) is 10.2 Å². The van der Waals surface area contributed by atoms with Crippen molar-refractivity contribution in [3.63, 3.8) is 0 Å². The summed E-state index contributed by atoms with van der Waals surface area (Å²) < 4.78 is 10.7. The maximum Gasteiger partial charge on any atom is 0.313 e. The van der Waals surface area contributed by atoms with Gasteiger partial charge in [0.25, 0.3) is 5.89 Å². The van der Waals surface area contributed by atoms with Gasteiger partial charge in [0.1, 0.15) is 5.75 Å². The molecule has 1 N–H and O–H groups in total. The minimum absolute atomic E-state index is 0.103. The Kier molecular flexibility index (Phi) is 4.05. The molecule has 0 fully saturated rings. The molecule has 0 saturated heterocycles. The average Bonchev–Trinajstić information content (AvgIpc) is 3.07. The normalized spacial score (nSPS) is 10.3. The Morgan fingerprint density at radius 2 is 1.83 bits per heavy atom. The van der Waals surface area contributed by atoms with Gasteiger partial charge in [0.15, 0.2) is 0 Å². The lowest BCUT2D eigenvalue weighted by atomic mass is 10.2. The van der Waals surface area contributed by atoms with E-state index in [1.54, 1.807) is 19.2 Å². The molecule has 0 atom stereocenters. The molecule has 3 rings (SSSR count). The van der Waals surface area contributed by atoms with Crippen LogP contribution in [-0.2, 0) is 0 Å². The molecule has 23 heavy (non-hydrogen) atoms. The summed E-state index contributed by atoms with van der Waals surface area (Å²) in [5.41, 5.74) is 2.29. The quantitative estimate of drug-likeness (QED) is 0.800. The van der Waals surface area contributed by atoms with Crippen LogP contribution >= 0.6 is 0 Å². The number of benzene rings is 2. The van der Waals surface area contributed by atoms with Gasteiger partial charge in [-0.3, -0.25) is 4.79 Å². The van der Waals surface area contributed by atoms with E-state index in [1.165, 1.54) is 0 Å². The molecule has 0 radical (unpaired) electrons. The molecule has 6 heteroatoms. The first-order valence-corrected chi connectivity index (χ1v) is 7.03. The molecule has 0 spiro atoms. The topological polar surface area (TPSA) is 77.2 Å². The number of hydrogen-bond donors (Lipinski definition) is 1. The Balaban J connectivity index is 1.84. The lowest BCUT2D eigenvalue weighted by Gasteiger charge is -2.05. The van der Waals surface area contributed by atoms with E-state index in [-0.39, 0.29) is 11.8 Å². The van der Waals surface area contributed by atoms with Gasteiger partial charge in [-0.15, -0.1) is 10.2 Å². The van der Waals surface area contributed by atoms with E-state index in [1.807, 2.05) is 43.3 Å². The van der Waals surface area contributed by atoms with Crippen LogP contribution in [0.2, 0.25) is 0 Å². The van der Waals surface area contributed by atoms with Gasteiger partial charge in [-0.25, -0.2) is 0 Å². The largest absolute Gasteiger partial charge is 0.496 e. The summed E-state index contributed by atoms with van der Waals surface area (Å²) in [4.78, 5) is 12.2. The third kappa shape index (κ3) is 3.06. The minimum Gasteiger partial charge on any atom is -0.496 e. The predicted molar refractivity (Wildman–Crippen MR) is 85.4 cm³/mol. The third-order valence-corrected chi connectivity index (χ3v) is 3.35. The molecule has 0 bridgehead atoms. The number of ether oxygens (including phenoxy) is 1. The second-order valence-electron chi connectivity index (χ2n) is 4.88. The zero-order valence-electron chi connectivity index (χ0n) is 12.7. The number of aromatic nitrogens is 2. The van der Waals surface area contributed by atoms with Crippen LogP contribution in [0.1, 0.15) is 16.2 Å². The molecule has 2 aromatic carbocycles. The van der Waals surface area contributed by atoms with Gasteiger partial charge >= 0.3 is 11.8 Å². The number of aryl methyl sites for hydroxylation is 1. The molecule has 6 nitrogen and oxygen atoms in total. The van der Waals surface area contributed by atoms with Gasteiger partial charge in [0.2, 0.25) is 0 Å². The molecule has 0 aliphatic carbocycles. The van der Waals surface area contributed by atoms with Gasteiger partial charge in [0, 0.05) is 5.69 Å². The van der Waals surface area contributed by atoms with Gasteiger partial charge in [-0.2, -0.15) is 0 Å². The fraction of sp³-hybridized carbons (Fsp3) is 0.118. The summed E-state index contributed by atoms with van der Waals surface area (Å²) >= 11 is 0. The Hall–Kier alpha value is -3.15. The standard InChI is InChI=1S/C17H15N3O3/c1-11-7-3-5-9-13(11)18-15(21)17-20-19-16(23-17)12-8-4-6-10-14(12)22-2/h3-10H,1-2H3,(H,18,21). The number of carbonyl (C=O) groups excluding carboxylic acids is 1. The number of nitrogens with zero attached hydrogens (tertiary/aromatic N) is 2. The number of nitrogens with one attached hydrogen (secondary N) is 1. The van der Waals surface area contributed by atoms with Crippen molar-refractivity contribution in [2.75, 3.05) is 12.4 Å². The van der Waals surface area contributed by atoms with Crippen molar-refractivity contribution >= 4 is 11.6 Å². The van der Waals surface area contributed by atoms with E-state index in [0.717, 1.165) is 5.56 Å². The maximum absolute atomic E-state index is 12.2. The number of para-hydroxylation sites is 2. The molecule has 1 amide bonds. The number of anilines is 1. The number of rotatable bonds is 4. The summed E-state index contributed by atoms with van der Waals surface area (Å²) in [6.45, 7) is 1.91. The first-order chi connectivity index (χ1) is 11.2. The van der Waals surface area contributed by atoms with Gasteiger partial charge in [-0.1, -0.05) is 30.3 Å². The smallest absolute Gasteiger partial charge is 0.313 e. The molecule has 0 aliphatic rings. The van der Waals surface area contributed by atoms with Crippen LogP contribution in [0.25, 0.3) is 11.5 Å². The maximum atomic E-state index is 12.2. The van der Waals surface area contributed by atoms with E-state index >= 15 is 0 Å². The number of amides is 1. The highest BCUT2D eigenvalue weighted by molar-refractivity contribution is 6.01. The summed E-state index contributed by atoms with van der Waals surface area (Å²) in [7, 11) is 1.56. The molecule has 116 valence electrons. The summed E-state index contributed by atoms with van der Waals surface area (Å²) in [5.74, 6) is 0.279. The number of carbonyl (C=O) groups is 1. The molecular formula is C17H15N3O3. The molecule has 0 aliphatic heterocycles. The van der Waals surface area contributed by atoms with Crippen molar-refractivity contribution < 1.29 is 13.9 Å². The second-order valence-corrected chi connectivity index (χ2v) is 4.88. The average molecular weight is 309 g/mol. The predicted octanol–water partition coefficient (Wildman–Crippen LogP) is 3.31. The van der Waals surface area contributed by atoms with Crippen molar-refractivity contribution in [2.45, 2.75) is 6.92 Å². The number of hydrogen-bond acceptors (Lipinski definition) is 5. The summed E-state index contributed by atoms with van der Waals surface area (Å²) in [6.07, 6.45) is 0. The van der Waals surface area contributed by atoms with Gasteiger partial charge < -0.3 is 14.5 Å². The molecular weight excluding hydrogens is 294 g/mol.